The monoisotopic (exact) mass is 291 g/mol. The minimum absolute atomic E-state index is 0.358. The molecule has 5 heteroatoms. The number of para-hydroxylation sites is 1. The Hall–Kier alpha value is -1.88. The Bertz CT molecular complexity index is 607. The smallest absolute Gasteiger partial charge is 0.347 e. The number of hydrogen-bond acceptors (Lipinski definition) is 4. The van der Waals surface area contributed by atoms with E-state index in [1.165, 1.54) is 11.3 Å². The van der Waals surface area contributed by atoms with Crippen LogP contribution in [0.4, 0.5) is 0 Å². The Kier molecular flexibility index (Phi) is 4.74. The molecule has 0 aliphatic carbocycles. The maximum absolute atomic E-state index is 11.2. The number of ether oxygens (including phenoxy) is 1. The summed E-state index contributed by atoms with van der Waals surface area (Å²) in [5, 5.41) is 10.0. The van der Waals surface area contributed by atoms with Crippen molar-refractivity contribution in [2.24, 2.45) is 0 Å². The largest absolute Gasteiger partial charge is 0.496 e. The fourth-order valence-corrected chi connectivity index (χ4v) is 3.03. The third-order valence-electron chi connectivity index (χ3n) is 2.96. The molecule has 0 aliphatic heterocycles. The van der Waals surface area contributed by atoms with Crippen LogP contribution in [0.3, 0.4) is 0 Å². The summed E-state index contributed by atoms with van der Waals surface area (Å²) in [6.45, 7) is 2.02. The van der Waals surface area contributed by atoms with Gasteiger partial charge in [0.25, 0.3) is 0 Å². The summed E-state index contributed by atoms with van der Waals surface area (Å²) >= 11 is 1.26. The van der Waals surface area contributed by atoms with E-state index in [1.54, 1.807) is 7.11 Å². The molecule has 4 nitrogen and oxygen atoms in total. The molecule has 0 unspecified atom stereocenters. The first-order valence-electron chi connectivity index (χ1n) is 6.49. The van der Waals surface area contributed by atoms with Gasteiger partial charge < -0.3 is 9.84 Å². The zero-order valence-electron chi connectivity index (χ0n) is 11.5. The molecule has 1 aromatic heterocycles. The Labute approximate surface area is 122 Å². The van der Waals surface area contributed by atoms with Crippen molar-refractivity contribution < 1.29 is 14.6 Å². The molecule has 1 aromatic carbocycles. The first-order valence-corrected chi connectivity index (χ1v) is 7.31. The van der Waals surface area contributed by atoms with Gasteiger partial charge in [0.2, 0.25) is 0 Å². The molecular formula is C15H17NO3S. The zero-order valence-corrected chi connectivity index (χ0v) is 12.4. The number of aryl methyl sites for hydroxylation is 1. The molecule has 2 rings (SSSR count). The molecule has 0 amide bonds. The number of aromatic carboxylic acids is 1. The van der Waals surface area contributed by atoms with E-state index in [-0.39, 0.29) is 0 Å². The van der Waals surface area contributed by atoms with Crippen LogP contribution in [0.5, 0.6) is 5.75 Å². The number of thiazole rings is 1. The number of nitrogens with zero attached hydrogens (tertiary/aromatic N) is 1. The van der Waals surface area contributed by atoms with E-state index in [1.807, 2.05) is 31.2 Å². The number of hydrogen-bond donors (Lipinski definition) is 1. The van der Waals surface area contributed by atoms with E-state index < -0.39 is 5.97 Å². The van der Waals surface area contributed by atoms with E-state index in [4.69, 9.17) is 4.74 Å². The van der Waals surface area contributed by atoms with Gasteiger partial charge in [-0.1, -0.05) is 31.5 Å². The van der Waals surface area contributed by atoms with Gasteiger partial charge in [0.15, 0.2) is 0 Å². The Morgan fingerprint density at radius 2 is 2.15 bits per heavy atom. The maximum Gasteiger partial charge on any atom is 0.347 e. The fraction of sp³-hybridized carbons (Fsp3) is 0.333. The van der Waals surface area contributed by atoms with Crippen LogP contribution in [0, 0.1) is 0 Å². The number of carbonyl (C=O) groups is 1. The first-order chi connectivity index (χ1) is 9.65. The third-order valence-corrected chi connectivity index (χ3v) is 4.04. The highest BCUT2D eigenvalue weighted by Crippen LogP contribution is 2.26. The first kappa shape index (κ1) is 14.5. The van der Waals surface area contributed by atoms with Crippen molar-refractivity contribution in [2.75, 3.05) is 7.11 Å². The molecule has 0 radical (unpaired) electrons. The lowest BCUT2D eigenvalue weighted by molar-refractivity contribution is 0.0700. The zero-order chi connectivity index (χ0) is 14.5. The van der Waals surface area contributed by atoms with Gasteiger partial charge in [-0.05, 0) is 12.5 Å². The quantitative estimate of drug-likeness (QED) is 0.886. The molecule has 0 fully saturated rings. The van der Waals surface area contributed by atoms with E-state index in [0.717, 1.165) is 22.7 Å². The van der Waals surface area contributed by atoms with Gasteiger partial charge in [-0.2, -0.15) is 0 Å². The van der Waals surface area contributed by atoms with E-state index in [9.17, 15) is 9.90 Å². The SMILES string of the molecule is CCCc1nc(Cc2ccccc2OC)sc1C(=O)O. The van der Waals surface area contributed by atoms with Crippen molar-refractivity contribution >= 4 is 17.3 Å². The van der Waals surface area contributed by atoms with E-state index in [0.29, 0.717) is 23.4 Å². The highest BCUT2D eigenvalue weighted by Gasteiger charge is 2.17. The maximum atomic E-state index is 11.2. The summed E-state index contributed by atoms with van der Waals surface area (Å²) in [5.41, 5.74) is 1.71. The Morgan fingerprint density at radius 1 is 1.40 bits per heavy atom. The predicted octanol–water partition coefficient (Wildman–Crippen LogP) is 3.39. The number of carboxylic acid groups (broad SMARTS) is 1. The lowest BCUT2D eigenvalue weighted by Crippen LogP contribution is -1.98. The molecule has 0 aliphatic rings. The molecule has 20 heavy (non-hydrogen) atoms. The molecular weight excluding hydrogens is 274 g/mol. The van der Waals surface area contributed by atoms with Gasteiger partial charge >= 0.3 is 5.97 Å². The number of rotatable bonds is 6. The van der Waals surface area contributed by atoms with Crippen LogP contribution < -0.4 is 4.74 Å². The second-order valence-corrected chi connectivity index (χ2v) is 5.51. The van der Waals surface area contributed by atoms with Crippen molar-refractivity contribution in [3.63, 3.8) is 0 Å². The minimum atomic E-state index is -0.891. The highest BCUT2D eigenvalue weighted by molar-refractivity contribution is 7.13. The van der Waals surface area contributed by atoms with E-state index in [2.05, 4.69) is 4.98 Å². The second-order valence-electron chi connectivity index (χ2n) is 4.43. The molecule has 2 aromatic rings. The fourth-order valence-electron chi connectivity index (χ4n) is 2.06. The molecule has 1 heterocycles. The van der Waals surface area contributed by atoms with Crippen LogP contribution in [0.2, 0.25) is 0 Å². The van der Waals surface area contributed by atoms with Gasteiger partial charge in [-0.15, -0.1) is 11.3 Å². The topological polar surface area (TPSA) is 59.4 Å². The van der Waals surface area contributed by atoms with Gasteiger partial charge in [0.1, 0.15) is 10.6 Å². The van der Waals surface area contributed by atoms with Crippen molar-refractivity contribution in [3.05, 3.63) is 45.4 Å². The average Bonchev–Trinajstić information content (AvgIpc) is 2.83. The van der Waals surface area contributed by atoms with E-state index >= 15 is 0 Å². The van der Waals surface area contributed by atoms with Gasteiger partial charge in [0.05, 0.1) is 17.8 Å². The van der Waals surface area contributed by atoms with Crippen LogP contribution in [-0.2, 0) is 12.8 Å². The summed E-state index contributed by atoms with van der Waals surface area (Å²) in [4.78, 5) is 16.1. The lowest BCUT2D eigenvalue weighted by Gasteiger charge is -2.05. The molecule has 0 saturated carbocycles. The molecule has 0 spiro atoms. The van der Waals surface area contributed by atoms with Crippen LogP contribution in [0.25, 0.3) is 0 Å². The summed E-state index contributed by atoms with van der Waals surface area (Å²) < 4.78 is 5.31. The van der Waals surface area contributed by atoms with Crippen LogP contribution >= 0.6 is 11.3 Å². The van der Waals surface area contributed by atoms with Gasteiger partial charge in [-0.3, -0.25) is 0 Å². The Morgan fingerprint density at radius 3 is 2.80 bits per heavy atom. The van der Waals surface area contributed by atoms with Crippen LogP contribution in [0.1, 0.15) is 39.3 Å². The lowest BCUT2D eigenvalue weighted by atomic mass is 10.1. The summed E-state index contributed by atoms with van der Waals surface area (Å²) in [5.74, 6) is -0.0890. The van der Waals surface area contributed by atoms with Crippen molar-refractivity contribution in [1.29, 1.82) is 0 Å². The predicted molar refractivity (Wildman–Crippen MR) is 78.9 cm³/mol. The molecule has 1 N–H and O–H groups in total. The van der Waals surface area contributed by atoms with Gasteiger partial charge in [0, 0.05) is 12.0 Å². The van der Waals surface area contributed by atoms with Crippen LogP contribution in [-0.4, -0.2) is 23.2 Å². The summed E-state index contributed by atoms with van der Waals surface area (Å²) in [6, 6.07) is 7.72. The Balaban J connectivity index is 2.29. The molecule has 0 atom stereocenters. The summed E-state index contributed by atoms with van der Waals surface area (Å²) in [7, 11) is 1.63. The average molecular weight is 291 g/mol. The number of methoxy groups -OCH3 is 1. The molecule has 106 valence electrons. The van der Waals surface area contributed by atoms with Crippen molar-refractivity contribution in [3.8, 4) is 5.75 Å². The van der Waals surface area contributed by atoms with Crippen LogP contribution in [0.15, 0.2) is 24.3 Å². The molecule has 0 saturated heterocycles. The van der Waals surface area contributed by atoms with Crippen molar-refractivity contribution in [1.82, 2.24) is 4.98 Å². The summed E-state index contributed by atoms with van der Waals surface area (Å²) in [6.07, 6.45) is 2.18. The molecule has 0 bridgehead atoms. The number of carboxylic acids is 1. The minimum Gasteiger partial charge on any atom is -0.496 e. The third kappa shape index (κ3) is 3.17. The van der Waals surface area contributed by atoms with Crippen molar-refractivity contribution in [2.45, 2.75) is 26.2 Å². The number of benzene rings is 1. The number of aromatic nitrogens is 1. The normalized spacial score (nSPS) is 10.5. The highest BCUT2D eigenvalue weighted by atomic mass is 32.1. The second kappa shape index (κ2) is 6.52. The standard InChI is InChI=1S/C15H17NO3S/c1-3-6-11-14(15(17)18)20-13(16-11)9-10-7-4-5-8-12(10)19-2/h4-5,7-8H,3,6,9H2,1-2H3,(H,17,18). The van der Waals surface area contributed by atoms with Gasteiger partial charge in [-0.25, -0.2) is 9.78 Å².